The van der Waals surface area contributed by atoms with Crippen LogP contribution in [0.5, 0.6) is 0 Å². The number of hydrogen-bond acceptors (Lipinski definition) is 5. The third-order valence-corrected chi connectivity index (χ3v) is 6.57. The van der Waals surface area contributed by atoms with E-state index >= 15 is 0 Å². The molecule has 4 N–H and O–H groups in total. The van der Waals surface area contributed by atoms with Gasteiger partial charge in [0.25, 0.3) is 0 Å². The van der Waals surface area contributed by atoms with Crippen LogP contribution in [0.15, 0.2) is 24.3 Å². The molecule has 1 aromatic carbocycles. The summed E-state index contributed by atoms with van der Waals surface area (Å²) >= 11 is 5.99. The van der Waals surface area contributed by atoms with E-state index in [9.17, 15) is 14.4 Å². The van der Waals surface area contributed by atoms with Crippen molar-refractivity contribution in [3.05, 3.63) is 29.3 Å². The molecule has 3 amide bonds. The van der Waals surface area contributed by atoms with Gasteiger partial charge in [0.15, 0.2) is 0 Å². The average Bonchev–Trinajstić information content (AvgIpc) is 2.72. The summed E-state index contributed by atoms with van der Waals surface area (Å²) in [7, 11) is 0. The summed E-state index contributed by atoms with van der Waals surface area (Å²) in [4.78, 5) is 40.6. The fourth-order valence-electron chi connectivity index (χ4n) is 4.84. The number of rotatable bonds is 4. The molecule has 3 aliphatic heterocycles. The topological polar surface area (TPSA) is 103 Å². The highest BCUT2D eigenvalue weighted by molar-refractivity contribution is 6.30. The molecule has 0 aliphatic carbocycles. The lowest BCUT2D eigenvalue weighted by atomic mass is 9.81. The van der Waals surface area contributed by atoms with Crippen molar-refractivity contribution in [3.8, 4) is 0 Å². The standard InChI is InChI=1S/C21H28ClN5O3/c1-2-14-8-3-4-9-27(14)21-25-18-17(20(30)26-21)15(11-16(28)24-18)19(29)23-13-7-5-6-12(22)10-13/h5-7,10,14-15,17-18,21,25H,2-4,8-9,11H2,1H3,(H,23,29)(H,24,28)(H,26,30). The highest BCUT2D eigenvalue weighted by atomic mass is 35.5. The van der Waals surface area contributed by atoms with Crippen molar-refractivity contribution in [1.29, 1.82) is 0 Å². The summed E-state index contributed by atoms with van der Waals surface area (Å²) in [5.41, 5.74) is 0.538. The van der Waals surface area contributed by atoms with Gasteiger partial charge >= 0.3 is 0 Å². The maximum atomic E-state index is 13.1. The third kappa shape index (κ3) is 4.31. The summed E-state index contributed by atoms with van der Waals surface area (Å²) in [6.07, 6.45) is 3.39. The summed E-state index contributed by atoms with van der Waals surface area (Å²) in [6, 6.07) is 7.19. The quantitative estimate of drug-likeness (QED) is 0.578. The van der Waals surface area contributed by atoms with Gasteiger partial charge in [-0.2, -0.15) is 0 Å². The van der Waals surface area contributed by atoms with E-state index in [0.29, 0.717) is 16.8 Å². The Balaban J connectivity index is 1.50. The van der Waals surface area contributed by atoms with Crippen molar-refractivity contribution in [1.82, 2.24) is 20.9 Å². The number of carbonyl (C=O) groups excluding carboxylic acids is 3. The number of nitrogens with one attached hydrogen (secondary N) is 4. The molecule has 3 aliphatic rings. The summed E-state index contributed by atoms with van der Waals surface area (Å²) in [6.45, 7) is 3.04. The number of piperidine rings is 2. The molecule has 8 nitrogen and oxygen atoms in total. The predicted octanol–water partition coefficient (Wildman–Crippen LogP) is 1.62. The van der Waals surface area contributed by atoms with Gasteiger partial charge in [0, 0.05) is 29.7 Å². The van der Waals surface area contributed by atoms with Crippen LogP contribution in [0.2, 0.25) is 5.02 Å². The molecule has 9 heteroatoms. The number of nitrogens with zero attached hydrogens (tertiary/aromatic N) is 1. The fraction of sp³-hybridized carbons (Fsp3) is 0.571. The zero-order valence-corrected chi connectivity index (χ0v) is 17.7. The largest absolute Gasteiger partial charge is 0.340 e. The second-order valence-corrected chi connectivity index (χ2v) is 8.69. The van der Waals surface area contributed by atoms with E-state index < -0.39 is 18.0 Å². The van der Waals surface area contributed by atoms with Crippen molar-refractivity contribution < 1.29 is 14.4 Å². The number of amides is 3. The molecular weight excluding hydrogens is 406 g/mol. The predicted molar refractivity (Wildman–Crippen MR) is 113 cm³/mol. The molecule has 30 heavy (non-hydrogen) atoms. The summed E-state index contributed by atoms with van der Waals surface area (Å²) < 4.78 is 0. The highest BCUT2D eigenvalue weighted by Crippen LogP contribution is 2.30. The van der Waals surface area contributed by atoms with Gasteiger partial charge in [-0.05, 0) is 37.5 Å². The van der Waals surface area contributed by atoms with Gasteiger partial charge in [0.1, 0.15) is 6.29 Å². The van der Waals surface area contributed by atoms with E-state index in [-0.39, 0.29) is 30.4 Å². The van der Waals surface area contributed by atoms with E-state index in [1.807, 2.05) is 0 Å². The molecule has 5 atom stereocenters. The second kappa shape index (κ2) is 8.91. The minimum atomic E-state index is -0.764. The molecule has 1 aromatic rings. The average molecular weight is 434 g/mol. The van der Waals surface area contributed by atoms with Crippen LogP contribution in [0.25, 0.3) is 0 Å². The Morgan fingerprint density at radius 1 is 1.27 bits per heavy atom. The number of carbonyl (C=O) groups is 3. The van der Waals surface area contributed by atoms with Crippen LogP contribution < -0.4 is 21.3 Å². The van der Waals surface area contributed by atoms with Gasteiger partial charge < -0.3 is 16.0 Å². The minimum Gasteiger partial charge on any atom is -0.340 e. The molecule has 162 valence electrons. The zero-order chi connectivity index (χ0) is 21.3. The lowest BCUT2D eigenvalue weighted by molar-refractivity contribution is -0.148. The number of benzene rings is 1. The minimum absolute atomic E-state index is 0.0331. The molecule has 0 spiro atoms. The van der Waals surface area contributed by atoms with Crippen LogP contribution in [0.1, 0.15) is 39.0 Å². The summed E-state index contributed by atoms with van der Waals surface area (Å²) in [5.74, 6) is -2.26. The Hall–Kier alpha value is -2.16. The Bertz CT molecular complexity index is 835. The molecule has 3 heterocycles. The number of likely N-dealkylation sites (tertiary alicyclic amines) is 1. The van der Waals surface area contributed by atoms with Crippen molar-refractivity contribution in [3.63, 3.8) is 0 Å². The Kier molecular flexibility index (Phi) is 6.26. The first-order chi connectivity index (χ1) is 14.5. The molecule has 4 rings (SSSR count). The molecule has 5 unspecified atom stereocenters. The number of anilines is 1. The van der Waals surface area contributed by atoms with Crippen molar-refractivity contribution in [2.24, 2.45) is 11.8 Å². The van der Waals surface area contributed by atoms with Gasteiger partial charge in [0.05, 0.1) is 18.0 Å². The first-order valence-electron chi connectivity index (χ1n) is 10.6. The molecule has 0 aromatic heterocycles. The van der Waals surface area contributed by atoms with Gasteiger partial charge in [0.2, 0.25) is 17.7 Å². The van der Waals surface area contributed by atoms with Crippen LogP contribution in [0.3, 0.4) is 0 Å². The smallest absolute Gasteiger partial charge is 0.229 e. The first kappa shape index (κ1) is 21.1. The monoisotopic (exact) mass is 433 g/mol. The van der Waals surface area contributed by atoms with Crippen molar-refractivity contribution in [2.75, 3.05) is 11.9 Å². The van der Waals surface area contributed by atoms with Gasteiger partial charge in [-0.15, -0.1) is 0 Å². The molecule has 0 saturated carbocycles. The number of halogens is 1. The van der Waals surface area contributed by atoms with E-state index in [4.69, 9.17) is 11.6 Å². The Labute approximate surface area is 181 Å². The van der Waals surface area contributed by atoms with Crippen LogP contribution in [-0.2, 0) is 14.4 Å². The van der Waals surface area contributed by atoms with E-state index in [1.165, 1.54) is 6.42 Å². The SMILES string of the molecule is CCC1CCCCN1C1NC(=O)C2C(NC(=O)CC2C(=O)Nc2cccc(Cl)c2)N1. The number of hydrogen-bond donors (Lipinski definition) is 4. The van der Waals surface area contributed by atoms with Crippen LogP contribution >= 0.6 is 11.6 Å². The lowest BCUT2D eigenvalue weighted by Crippen LogP contribution is -2.75. The normalized spacial score (nSPS) is 32.0. The maximum Gasteiger partial charge on any atom is 0.229 e. The van der Waals surface area contributed by atoms with E-state index in [0.717, 1.165) is 25.8 Å². The van der Waals surface area contributed by atoms with Crippen LogP contribution in [0, 0.1) is 11.8 Å². The van der Waals surface area contributed by atoms with E-state index in [1.54, 1.807) is 24.3 Å². The summed E-state index contributed by atoms with van der Waals surface area (Å²) in [5, 5.41) is 12.6. The zero-order valence-electron chi connectivity index (χ0n) is 17.0. The van der Waals surface area contributed by atoms with E-state index in [2.05, 4.69) is 33.1 Å². The van der Waals surface area contributed by atoms with Crippen molar-refractivity contribution in [2.45, 2.75) is 57.5 Å². The Morgan fingerprint density at radius 3 is 2.87 bits per heavy atom. The third-order valence-electron chi connectivity index (χ3n) is 6.34. The second-order valence-electron chi connectivity index (χ2n) is 8.25. The maximum absolute atomic E-state index is 13.1. The van der Waals surface area contributed by atoms with Gasteiger partial charge in [-0.1, -0.05) is 31.0 Å². The molecule has 3 saturated heterocycles. The molecular formula is C21H28ClN5O3. The first-order valence-corrected chi connectivity index (χ1v) is 11.0. The van der Waals surface area contributed by atoms with Gasteiger partial charge in [-0.3, -0.25) is 24.6 Å². The highest BCUT2D eigenvalue weighted by Gasteiger charge is 2.49. The molecule has 0 radical (unpaired) electrons. The van der Waals surface area contributed by atoms with Crippen LogP contribution in [-0.4, -0.2) is 47.7 Å². The molecule has 0 bridgehead atoms. The lowest BCUT2D eigenvalue weighted by Gasteiger charge is -2.49. The van der Waals surface area contributed by atoms with Crippen molar-refractivity contribution >= 4 is 35.0 Å². The van der Waals surface area contributed by atoms with Crippen LogP contribution in [0.4, 0.5) is 5.69 Å². The Morgan fingerprint density at radius 2 is 2.10 bits per heavy atom. The number of fused-ring (bicyclic) bond motifs is 1. The fourth-order valence-corrected chi connectivity index (χ4v) is 5.03. The van der Waals surface area contributed by atoms with Gasteiger partial charge in [-0.25, -0.2) is 0 Å². The molecule has 3 fully saturated rings.